The van der Waals surface area contributed by atoms with E-state index in [1.54, 1.807) is 0 Å². The first kappa shape index (κ1) is 17.3. The Kier molecular flexibility index (Phi) is 5.97. The zero-order valence-electron chi connectivity index (χ0n) is 13.2. The van der Waals surface area contributed by atoms with Gasteiger partial charge in [-0.25, -0.2) is 9.80 Å². The van der Waals surface area contributed by atoms with Gasteiger partial charge < -0.3 is 4.74 Å². The number of amides is 2. The Hall–Kier alpha value is -2.09. The fourth-order valence-electron chi connectivity index (χ4n) is 2.24. The Labute approximate surface area is 139 Å². The summed E-state index contributed by atoms with van der Waals surface area (Å²) in [4.78, 5) is 40.1. The molecule has 2 amide bonds. The smallest absolute Gasteiger partial charge is 0.339 e. The number of hydrazine groups is 1. The Morgan fingerprint density at radius 1 is 1.26 bits per heavy atom. The first-order valence-electron chi connectivity index (χ1n) is 7.32. The van der Waals surface area contributed by atoms with Crippen molar-refractivity contribution in [1.29, 1.82) is 0 Å². The third-order valence-corrected chi connectivity index (χ3v) is 4.25. The molecule has 1 aromatic heterocycles. The van der Waals surface area contributed by atoms with Crippen LogP contribution in [0.15, 0.2) is 18.3 Å². The fraction of sp³-hybridized carbons (Fsp3) is 0.467. The molecule has 1 fully saturated rings. The SMILES string of the molecule is CCSCC(=O)N1CCCN1C(=O)c1ccc(C(=O)OC)cn1. The van der Waals surface area contributed by atoms with Crippen LogP contribution in [-0.4, -0.2) is 64.5 Å². The molecule has 0 aliphatic carbocycles. The van der Waals surface area contributed by atoms with Gasteiger partial charge >= 0.3 is 5.97 Å². The van der Waals surface area contributed by atoms with Crippen molar-refractivity contribution in [3.8, 4) is 0 Å². The Morgan fingerprint density at radius 3 is 2.61 bits per heavy atom. The summed E-state index contributed by atoms with van der Waals surface area (Å²) in [5.74, 6) is 0.285. The molecule has 0 atom stereocenters. The number of esters is 1. The maximum atomic E-state index is 12.5. The van der Waals surface area contributed by atoms with Crippen LogP contribution in [0.3, 0.4) is 0 Å². The summed E-state index contributed by atoms with van der Waals surface area (Å²) in [5, 5.41) is 2.92. The number of carbonyl (C=O) groups excluding carboxylic acids is 3. The molecule has 2 heterocycles. The Bertz CT molecular complexity index is 591. The summed E-state index contributed by atoms with van der Waals surface area (Å²) >= 11 is 1.52. The van der Waals surface area contributed by atoms with Gasteiger partial charge in [-0.05, 0) is 24.3 Å². The molecule has 1 aromatic rings. The van der Waals surface area contributed by atoms with Crippen molar-refractivity contribution < 1.29 is 19.1 Å². The minimum absolute atomic E-state index is 0.0751. The number of aromatic nitrogens is 1. The van der Waals surface area contributed by atoms with Crippen molar-refractivity contribution in [2.45, 2.75) is 13.3 Å². The van der Waals surface area contributed by atoms with Crippen LogP contribution in [0.5, 0.6) is 0 Å². The minimum atomic E-state index is -0.508. The third-order valence-electron chi connectivity index (χ3n) is 3.39. The van der Waals surface area contributed by atoms with Crippen LogP contribution in [0.1, 0.15) is 34.2 Å². The Balaban J connectivity index is 2.09. The standard InChI is InChI=1S/C15H19N3O4S/c1-3-23-10-13(19)17-7-4-8-18(17)14(20)12-6-5-11(9-16-12)15(21)22-2/h5-6,9H,3-4,7-8,10H2,1-2H3. The topological polar surface area (TPSA) is 79.8 Å². The van der Waals surface area contributed by atoms with E-state index in [0.717, 1.165) is 12.2 Å². The van der Waals surface area contributed by atoms with E-state index >= 15 is 0 Å². The largest absolute Gasteiger partial charge is 0.465 e. The number of hydrogen-bond acceptors (Lipinski definition) is 6. The van der Waals surface area contributed by atoms with E-state index in [0.29, 0.717) is 18.8 Å². The van der Waals surface area contributed by atoms with Crippen molar-refractivity contribution in [3.05, 3.63) is 29.6 Å². The lowest BCUT2D eigenvalue weighted by molar-refractivity contribution is -0.137. The second-order valence-electron chi connectivity index (χ2n) is 4.86. The van der Waals surface area contributed by atoms with Gasteiger partial charge in [0.25, 0.3) is 11.8 Å². The second-order valence-corrected chi connectivity index (χ2v) is 6.13. The number of thioether (sulfide) groups is 1. The van der Waals surface area contributed by atoms with Crippen molar-refractivity contribution in [1.82, 2.24) is 15.0 Å². The molecule has 7 nitrogen and oxygen atoms in total. The van der Waals surface area contributed by atoms with Gasteiger partial charge in [0.2, 0.25) is 0 Å². The van der Waals surface area contributed by atoms with E-state index in [2.05, 4.69) is 9.72 Å². The molecule has 0 N–H and O–H groups in total. The molecule has 0 saturated carbocycles. The first-order valence-corrected chi connectivity index (χ1v) is 8.48. The van der Waals surface area contributed by atoms with Crippen molar-refractivity contribution in [2.75, 3.05) is 31.7 Å². The molecule has 0 unspecified atom stereocenters. The summed E-state index contributed by atoms with van der Waals surface area (Å²) in [6, 6.07) is 2.96. The van der Waals surface area contributed by atoms with E-state index in [4.69, 9.17) is 0 Å². The van der Waals surface area contributed by atoms with Crippen LogP contribution in [0.25, 0.3) is 0 Å². The van der Waals surface area contributed by atoms with Gasteiger partial charge in [-0.2, -0.15) is 11.8 Å². The number of pyridine rings is 1. The molecular formula is C15H19N3O4S. The fourth-order valence-corrected chi connectivity index (χ4v) is 2.77. The molecule has 1 aliphatic rings. The van der Waals surface area contributed by atoms with Gasteiger partial charge in [-0.1, -0.05) is 6.92 Å². The molecule has 0 spiro atoms. The second kappa shape index (κ2) is 7.96. The number of nitrogens with zero attached hydrogens (tertiary/aromatic N) is 3. The summed E-state index contributed by atoms with van der Waals surface area (Å²) in [6.07, 6.45) is 2.04. The number of methoxy groups -OCH3 is 1. The van der Waals surface area contributed by atoms with Crippen LogP contribution in [0, 0.1) is 0 Å². The summed E-state index contributed by atoms with van der Waals surface area (Å²) in [7, 11) is 1.28. The highest BCUT2D eigenvalue weighted by atomic mass is 32.2. The van der Waals surface area contributed by atoms with Gasteiger partial charge in [0.15, 0.2) is 0 Å². The summed E-state index contributed by atoms with van der Waals surface area (Å²) in [6.45, 7) is 3.01. The minimum Gasteiger partial charge on any atom is -0.465 e. The molecule has 8 heteroatoms. The zero-order valence-corrected chi connectivity index (χ0v) is 14.0. The van der Waals surface area contributed by atoms with Crippen LogP contribution < -0.4 is 0 Å². The lowest BCUT2D eigenvalue weighted by Crippen LogP contribution is -2.45. The van der Waals surface area contributed by atoms with Crippen LogP contribution in [-0.2, 0) is 9.53 Å². The van der Waals surface area contributed by atoms with Crippen LogP contribution in [0.4, 0.5) is 0 Å². The lowest BCUT2D eigenvalue weighted by atomic mass is 10.2. The van der Waals surface area contributed by atoms with E-state index in [9.17, 15) is 14.4 Å². The Morgan fingerprint density at radius 2 is 2.00 bits per heavy atom. The van der Waals surface area contributed by atoms with Gasteiger partial charge in [0, 0.05) is 19.3 Å². The van der Waals surface area contributed by atoms with Gasteiger partial charge in [0.05, 0.1) is 18.4 Å². The average molecular weight is 337 g/mol. The van der Waals surface area contributed by atoms with E-state index in [1.807, 2.05) is 6.92 Å². The van der Waals surface area contributed by atoms with Gasteiger partial charge in [-0.15, -0.1) is 0 Å². The zero-order chi connectivity index (χ0) is 16.8. The molecule has 124 valence electrons. The first-order chi connectivity index (χ1) is 11.1. The van der Waals surface area contributed by atoms with E-state index < -0.39 is 5.97 Å². The van der Waals surface area contributed by atoms with Crippen LogP contribution in [0.2, 0.25) is 0 Å². The van der Waals surface area contributed by atoms with Crippen LogP contribution >= 0.6 is 11.8 Å². The predicted molar refractivity (Wildman–Crippen MR) is 85.9 cm³/mol. The molecule has 1 aliphatic heterocycles. The van der Waals surface area contributed by atoms with Gasteiger partial charge in [-0.3, -0.25) is 19.6 Å². The van der Waals surface area contributed by atoms with Crippen molar-refractivity contribution >= 4 is 29.5 Å². The van der Waals surface area contributed by atoms with Crippen molar-refractivity contribution in [2.24, 2.45) is 0 Å². The molecule has 23 heavy (non-hydrogen) atoms. The van der Waals surface area contributed by atoms with Gasteiger partial charge in [0.1, 0.15) is 5.69 Å². The molecule has 2 rings (SSSR count). The maximum Gasteiger partial charge on any atom is 0.339 e. The maximum absolute atomic E-state index is 12.5. The normalized spacial score (nSPS) is 14.0. The number of ether oxygens (including phenoxy) is 1. The predicted octanol–water partition coefficient (Wildman–Crippen LogP) is 1.21. The quantitative estimate of drug-likeness (QED) is 0.752. The summed E-state index contributed by atoms with van der Waals surface area (Å²) in [5.41, 5.74) is 0.471. The summed E-state index contributed by atoms with van der Waals surface area (Å²) < 4.78 is 4.59. The molecule has 0 radical (unpaired) electrons. The van der Waals surface area contributed by atoms with E-state index in [-0.39, 0.29) is 23.1 Å². The monoisotopic (exact) mass is 337 g/mol. The highest BCUT2D eigenvalue weighted by Crippen LogP contribution is 2.16. The number of rotatable bonds is 5. The molecule has 0 bridgehead atoms. The molecule has 1 saturated heterocycles. The highest BCUT2D eigenvalue weighted by Gasteiger charge is 2.31. The molecular weight excluding hydrogens is 318 g/mol. The number of carbonyl (C=O) groups is 3. The van der Waals surface area contributed by atoms with E-state index in [1.165, 1.54) is 47.2 Å². The average Bonchev–Trinajstić information content (AvgIpc) is 3.08. The lowest BCUT2D eigenvalue weighted by Gasteiger charge is -2.27. The molecule has 0 aromatic carbocycles. The van der Waals surface area contributed by atoms with Crippen molar-refractivity contribution in [3.63, 3.8) is 0 Å². The highest BCUT2D eigenvalue weighted by molar-refractivity contribution is 7.99. The third kappa shape index (κ3) is 4.01. The number of hydrogen-bond donors (Lipinski definition) is 0.